The van der Waals surface area contributed by atoms with E-state index in [4.69, 9.17) is 9.47 Å². The van der Waals surface area contributed by atoms with Gasteiger partial charge in [-0.1, -0.05) is 6.07 Å². The van der Waals surface area contributed by atoms with Crippen LogP contribution in [0.4, 0.5) is 0 Å². The molecule has 2 aromatic rings. The normalized spacial score (nSPS) is 22.9. The molecular formula is C18H21N3O2. The van der Waals surface area contributed by atoms with Gasteiger partial charge in [-0.05, 0) is 30.7 Å². The van der Waals surface area contributed by atoms with Gasteiger partial charge in [0.25, 0.3) is 0 Å². The lowest BCUT2D eigenvalue weighted by Crippen LogP contribution is -2.64. The van der Waals surface area contributed by atoms with Gasteiger partial charge in [-0.3, -0.25) is 14.9 Å². The summed E-state index contributed by atoms with van der Waals surface area (Å²) in [5.74, 6) is 1.28. The molecule has 4 rings (SSSR count). The van der Waals surface area contributed by atoms with Crippen molar-refractivity contribution in [3.8, 4) is 5.75 Å². The van der Waals surface area contributed by atoms with Crippen molar-refractivity contribution in [2.45, 2.75) is 18.6 Å². The highest BCUT2D eigenvalue weighted by atomic mass is 16.5. The summed E-state index contributed by atoms with van der Waals surface area (Å²) in [5.41, 5.74) is 1.08. The van der Waals surface area contributed by atoms with E-state index in [-0.39, 0.29) is 5.60 Å². The Bertz CT molecular complexity index is 629. The minimum absolute atomic E-state index is 0.0308. The molecule has 2 aliphatic heterocycles. The molecule has 0 saturated carbocycles. The quantitative estimate of drug-likeness (QED) is 0.847. The molecule has 0 N–H and O–H groups in total. The predicted molar refractivity (Wildman–Crippen MR) is 86.0 cm³/mol. The molecule has 0 bridgehead atoms. The third kappa shape index (κ3) is 3.07. The zero-order valence-corrected chi connectivity index (χ0v) is 13.1. The number of aromatic nitrogens is 2. The highest BCUT2D eigenvalue weighted by molar-refractivity contribution is 5.16. The average Bonchev–Trinajstić information content (AvgIpc) is 2.98. The zero-order chi connectivity index (χ0) is 15.5. The fourth-order valence-corrected chi connectivity index (χ4v) is 3.54. The van der Waals surface area contributed by atoms with Gasteiger partial charge >= 0.3 is 0 Å². The lowest BCUT2D eigenvalue weighted by Gasteiger charge is -2.50. The van der Waals surface area contributed by atoms with Crippen LogP contribution in [-0.2, 0) is 11.3 Å². The number of likely N-dealkylation sites (tertiary alicyclic amines) is 1. The Balaban J connectivity index is 1.32. The summed E-state index contributed by atoms with van der Waals surface area (Å²) in [7, 11) is 0. The molecule has 2 fully saturated rings. The first-order valence-corrected chi connectivity index (χ1v) is 8.13. The maximum Gasteiger partial charge on any atom is 0.137 e. The van der Waals surface area contributed by atoms with E-state index in [2.05, 4.69) is 20.9 Å². The fourth-order valence-electron chi connectivity index (χ4n) is 3.54. The number of hydrogen-bond acceptors (Lipinski definition) is 5. The molecular weight excluding hydrogens is 290 g/mol. The van der Waals surface area contributed by atoms with E-state index in [9.17, 15) is 0 Å². The van der Waals surface area contributed by atoms with Gasteiger partial charge in [0.2, 0.25) is 0 Å². The van der Waals surface area contributed by atoms with Crippen LogP contribution < -0.4 is 4.74 Å². The monoisotopic (exact) mass is 311 g/mol. The van der Waals surface area contributed by atoms with Crippen molar-refractivity contribution in [2.24, 2.45) is 5.92 Å². The van der Waals surface area contributed by atoms with Crippen molar-refractivity contribution in [1.82, 2.24) is 14.9 Å². The Morgan fingerprint density at radius 1 is 1.22 bits per heavy atom. The second kappa shape index (κ2) is 6.26. The SMILES string of the molecule is c1ccc(CN2CC3(C2)OCC[C@@H]3COc2cccnc2)nc1. The summed E-state index contributed by atoms with van der Waals surface area (Å²) in [4.78, 5) is 10.9. The minimum atomic E-state index is -0.0308. The molecule has 5 heteroatoms. The van der Waals surface area contributed by atoms with Crippen molar-refractivity contribution in [3.05, 3.63) is 54.6 Å². The van der Waals surface area contributed by atoms with Crippen molar-refractivity contribution in [3.63, 3.8) is 0 Å². The molecule has 0 unspecified atom stereocenters. The first-order chi connectivity index (χ1) is 11.3. The highest BCUT2D eigenvalue weighted by Gasteiger charge is 2.53. The maximum atomic E-state index is 6.09. The van der Waals surface area contributed by atoms with E-state index in [1.807, 2.05) is 30.5 Å². The highest BCUT2D eigenvalue weighted by Crippen LogP contribution is 2.40. The Hall–Kier alpha value is -1.98. The Morgan fingerprint density at radius 3 is 2.96 bits per heavy atom. The second-order valence-electron chi connectivity index (χ2n) is 6.36. The van der Waals surface area contributed by atoms with Crippen LogP contribution in [0.5, 0.6) is 5.75 Å². The Morgan fingerprint density at radius 2 is 2.17 bits per heavy atom. The first kappa shape index (κ1) is 14.6. The minimum Gasteiger partial charge on any atom is -0.492 e. The van der Waals surface area contributed by atoms with Gasteiger partial charge in [0.1, 0.15) is 5.75 Å². The Labute approximate surface area is 136 Å². The van der Waals surface area contributed by atoms with E-state index in [1.54, 1.807) is 12.4 Å². The fraction of sp³-hybridized carbons (Fsp3) is 0.444. The van der Waals surface area contributed by atoms with Gasteiger partial charge < -0.3 is 9.47 Å². The average molecular weight is 311 g/mol. The van der Waals surface area contributed by atoms with E-state index in [1.165, 1.54) is 0 Å². The van der Waals surface area contributed by atoms with Gasteiger partial charge in [-0.25, -0.2) is 0 Å². The summed E-state index contributed by atoms with van der Waals surface area (Å²) >= 11 is 0. The molecule has 1 spiro atoms. The zero-order valence-electron chi connectivity index (χ0n) is 13.1. The van der Waals surface area contributed by atoms with Crippen LogP contribution >= 0.6 is 0 Å². The lowest BCUT2D eigenvalue weighted by atomic mass is 9.81. The summed E-state index contributed by atoms with van der Waals surface area (Å²) in [5, 5.41) is 0. The van der Waals surface area contributed by atoms with Crippen molar-refractivity contribution in [2.75, 3.05) is 26.3 Å². The number of ether oxygens (including phenoxy) is 2. The van der Waals surface area contributed by atoms with Crippen LogP contribution in [0, 0.1) is 5.92 Å². The largest absolute Gasteiger partial charge is 0.492 e. The van der Waals surface area contributed by atoms with Gasteiger partial charge in [-0.2, -0.15) is 0 Å². The van der Waals surface area contributed by atoms with Gasteiger partial charge in [-0.15, -0.1) is 0 Å². The second-order valence-corrected chi connectivity index (χ2v) is 6.36. The summed E-state index contributed by atoms with van der Waals surface area (Å²) in [6, 6.07) is 9.91. The lowest BCUT2D eigenvalue weighted by molar-refractivity contribution is -0.141. The third-order valence-corrected chi connectivity index (χ3v) is 4.78. The molecule has 0 radical (unpaired) electrons. The van der Waals surface area contributed by atoms with Crippen LogP contribution in [0.3, 0.4) is 0 Å². The molecule has 23 heavy (non-hydrogen) atoms. The maximum absolute atomic E-state index is 6.09. The number of rotatable bonds is 5. The molecule has 5 nitrogen and oxygen atoms in total. The van der Waals surface area contributed by atoms with Gasteiger partial charge in [0.15, 0.2) is 0 Å². The van der Waals surface area contributed by atoms with Gasteiger partial charge in [0, 0.05) is 44.6 Å². The number of hydrogen-bond donors (Lipinski definition) is 0. The molecule has 2 aliphatic rings. The van der Waals surface area contributed by atoms with E-state index in [0.29, 0.717) is 12.5 Å². The van der Waals surface area contributed by atoms with E-state index >= 15 is 0 Å². The molecule has 2 saturated heterocycles. The van der Waals surface area contributed by atoms with Gasteiger partial charge in [0.05, 0.1) is 24.1 Å². The summed E-state index contributed by atoms with van der Waals surface area (Å²) in [6.07, 6.45) is 6.43. The van der Waals surface area contributed by atoms with Crippen LogP contribution in [0.25, 0.3) is 0 Å². The molecule has 2 aromatic heterocycles. The molecule has 0 amide bonds. The van der Waals surface area contributed by atoms with Crippen molar-refractivity contribution in [1.29, 1.82) is 0 Å². The number of nitrogens with zero attached hydrogens (tertiary/aromatic N) is 3. The van der Waals surface area contributed by atoms with E-state index in [0.717, 1.165) is 44.1 Å². The van der Waals surface area contributed by atoms with Crippen LogP contribution in [0.15, 0.2) is 48.9 Å². The van der Waals surface area contributed by atoms with Crippen LogP contribution in [0.1, 0.15) is 12.1 Å². The van der Waals surface area contributed by atoms with Crippen molar-refractivity contribution < 1.29 is 9.47 Å². The first-order valence-electron chi connectivity index (χ1n) is 8.13. The summed E-state index contributed by atoms with van der Waals surface area (Å²) < 4.78 is 12.0. The molecule has 4 heterocycles. The van der Waals surface area contributed by atoms with Crippen LogP contribution in [-0.4, -0.2) is 46.8 Å². The molecule has 1 atom stereocenters. The molecule has 120 valence electrons. The topological polar surface area (TPSA) is 47.5 Å². The van der Waals surface area contributed by atoms with Crippen molar-refractivity contribution >= 4 is 0 Å². The Kier molecular flexibility index (Phi) is 3.97. The smallest absolute Gasteiger partial charge is 0.137 e. The van der Waals surface area contributed by atoms with Crippen LogP contribution in [0.2, 0.25) is 0 Å². The number of pyridine rings is 2. The molecule has 0 aromatic carbocycles. The van der Waals surface area contributed by atoms with E-state index < -0.39 is 0 Å². The predicted octanol–water partition coefficient (Wildman–Crippen LogP) is 2.15. The summed E-state index contributed by atoms with van der Waals surface area (Å²) in [6.45, 7) is 4.35. The standard InChI is InChI=1S/C18H21N3O2/c1-2-8-20-16(4-1)11-21-13-18(14-21)15(6-9-23-18)12-22-17-5-3-7-19-10-17/h1-5,7-8,10,15H,6,9,11-14H2/t15-/m1/s1. The third-order valence-electron chi connectivity index (χ3n) is 4.78. The molecule has 0 aliphatic carbocycles.